The highest BCUT2D eigenvalue weighted by Crippen LogP contribution is 2.16. The van der Waals surface area contributed by atoms with Gasteiger partial charge in [0.25, 0.3) is 0 Å². The maximum absolute atomic E-state index is 11.8. The van der Waals surface area contributed by atoms with E-state index in [9.17, 15) is 4.79 Å². The molecule has 0 spiro atoms. The smallest absolute Gasteiger partial charge is 0.191 e. The molecule has 1 aliphatic rings. The fraction of sp³-hybridized carbons (Fsp3) is 0.733. The Morgan fingerprint density at radius 2 is 2.17 bits per heavy atom. The Bertz CT molecular complexity index is 320. The van der Waals surface area contributed by atoms with Gasteiger partial charge in [-0.1, -0.05) is 40.0 Å². The van der Waals surface area contributed by atoms with E-state index in [2.05, 4.69) is 18.8 Å². The Morgan fingerprint density at radius 1 is 1.39 bits per heavy atom. The third-order valence-corrected chi connectivity index (χ3v) is 3.44. The highest BCUT2D eigenvalue weighted by Gasteiger charge is 2.25. The van der Waals surface area contributed by atoms with Crippen molar-refractivity contribution in [1.82, 2.24) is 0 Å². The number of hydrogen-bond acceptors (Lipinski definition) is 3. The van der Waals surface area contributed by atoms with Crippen molar-refractivity contribution in [2.75, 3.05) is 6.61 Å². The summed E-state index contributed by atoms with van der Waals surface area (Å²) in [6, 6.07) is 0. The molecule has 3 heteroatoms. The molecule has 2 unspecified atom stereocenters. The van der Waals surface area contributed by atoms with Crippen molar-refractivity contribution in [1.29, 1.82) is 0 Å². The van der Waals surface area contributed by atoms with Crippen LogP contribution in [0.1, 0.15) is 52.9 Å². The van der Waals surface area contributed by atoms with E-state index in [0.717, 1.165) is 18.6 Å². The lowest BCUT2D eigenvalue weighted by atomic mass is 10.00. The van der Waals surface area contributed by atoms with Gasteiger partial charge in [0, 0.05) is 12.3 Å². The fourth-order valence-electron chi connectivity index (χ4n) is 2.11. The molecular formula is C15H25NO2. The van der Waals surface area contributed by atoms with Crippen LogP contribution in [-0.2, 0) is 9.53 Å². The summed E-state index contributed by atoms with van der Waals surface area (Å²) < 4.78 is 5.82. The quantitative estimate of drug-likeness (QED) is 0.662. The normalized spacial score (nSPS) is 20.9. The molecule has 0 saturated heterocycles. The summed E-state index contributed by atoms with van der Waals surface area (Å²) in [6.45, 7) is 7.06. The van der Waals surface area contributed by atoms with Gasteiger partial charge in [0.1, 0.15) is 0 Å². The summed E-state index contributed by atoms with van der Waals surface area (Å²) in [6.07, 6.45) is 8.16. The Labute approximate surface area is 110 Å². The van der Waals surface area contributed by atoms with Crippen LogP contribution in [0.25, 0.3) is 0 Å². The van der Waals surface area contributed by atoms with Crippen LogP contribution in [0.3, 0.4) is 0 Å². The largest absolute Gasteiger partial charge is 0.364 e. The molecule has 1 heterocycles. The second kappa shape index (κ2) is 8.20. The molecule has 1 rings (SSSR count). The van der Waals surface area contributed by atoms with Gasteiger partial charge in [0.05, 0.1) is 12.3 Å². The lowest BCUT2D eigenvalue weighted by Crippen LogP contribution is -2.34. The van der Waals surface area contributed by atoms with Gasteiger partial charge in [0.2, 0.25) is 0 Å². The van der Waals surface area contributed by atoms with Crippen molar-refractivity contribution in [2.24, 2.45) is 10.9 Å². The van der Waals surface area contributed by atoms with Gasteiger partial charge in [-0.05, 0) is 18.8 Å². The van der Waals surface area contributed by atoms with Crippen LogP contribution in [0.2, 0.25) is 0 Å². The van der Waals surface area contributed by atoms with E-state index in [-0.39, 0.29) is 5.78 Å². The van der Waals surface area contributed by atoms with E-state index in [4.69, 9.17) is 4.74 Å². The second-order valence-corrected chi connectivity index (χ2v) is 4.82. The SMILES string of the molecule is CCCCC(CC)COC1C(=O)C=CN=C1CC. The maximum atomic E-state index is 11.8. The summed E-state index contributed by atoms with van der Waals surface area (Å²) in [5, 5.41) is 0. The molecule has 0 aromatic rings. The number of ether oxygens (including phenoxy) is 1. The summed E-state index contributed by atoms with van der Waals surface area (Å²) in [4.78, 5) is 16.0. The molecule has 0 radical (unpaired) electrons. The van der Waals surface area contributed by atoms with Crippen LogP contribution in [0.15, 0.2) is 17.3 Å². The van der Waals surface area contributed by atoms with Crippen molar-refractivity contribution in [2.45, 2.75) is 59.0 Å². The van der Waals surface area contributed by atoms with Crippen LogP contribution >= 0.6 is 0 Å². The van der Waals surface area contributed by atoms with Crippen molar-refractivity contribution in [3.63, 3.8) is 0 Å². The van der Waals surface area contributed by atoms with Gasteiger partial charge in [-0.25, -0.2) is 0 Å². The number of unbranched alkanes of at least 4 members (excludes halogenated alkanes) is 1. The second-order valence-electron chi connectivity index (χ2n) is 4.82. The minimum absolute atomic E-state index is 0.0344. The van der Waals surface area contributed by atoms with Crippen LogP contribution in [0.4, 0.5) is 0 Å². The van der Waals surface area contributed by atoms with E-state index < -0.39 is 6.10 Å². The Hall–Kier alpha value is -0.960. The lowest BCUT2D eigenvalue weighted by Gasteiger charge is -2.22. The Kier molecular flexibility index (Phi) is 6.88. The van der Waals surface area contributed by atoms with Crippen molar-refractivity contribution in [3.8, 4) is 0 Å². The van der Waals surface area contributed by atoms with Gasteiger partial charge in [-0.15, -0.1) is 0 Å². The molecule has 1 aliphatic heterocycles. The standard InChI is InChI=1S/C15H25NO2/c1-4-7-8-12(5-2)11-18-15-13(6-3)16-10-9-14(15)17/h9-10,12,15H,4-8,11H2,1-3H3. The van der Waals surface area contributed by atoms with Gasteiger partial charge >= 0.3 is 0 Å². The van der Waals surface area contributed by atoms with E-state index in [1.807, 2.05) is 6.92 Å². The molecular weight excluding hydrogens is 226 g/mol. The van der Waals surface area contributed by atoms with E-state index in [0.29, 0.717) is 12.5 Å². The average molecular weight is 251 g/mol. The van der Waals surface area contributed by atoms with Gasteiger partial charge in [-0.2, -0.15) is 0 Å². The molecule has 3 nitrogen and oxygen atoms in total. The molecule has 102 valence electrons. The number of carbonyl (C=O) groups is 1. The predicted molar refractivity (Wildman–Crippen MR) is 74.9 cm³/mol. The molecule has 0 fully saturated rings. The highest BCUT2D eigenvalue weighted by molar-refractivity contribution is 6.14. The van der Waals surface area contributed by atoms with Crippen molar-refractivity contribution >= 4 is 11.5 Å². The minimum Gasteiger partial charge on any atom is -0.364 e. The van der Waals surface area contributed by atoms with Crippen LogP contribution in [0.5, 0.6) is 0 Å². The Balaban J connectivity index is 2.47. The number of hydrogen-bond donors (Lipinski definition) is 0. The van der Waals surface area contributed by atoms with E-state index >= 15 is 0 Å². The van der Waals surface area contributed by atoms with Gasteiger partial charge in [0.15, 0.2) is 11.9 Å². The minimum atomic E-state index is -0.435. The highest BCUT2D eigenvalue weighted by atomic mass is 16.5. The first-order chi connectivity index (χ1) is 8.72. The number of carbonyl (C=O) groups excluding carboxylic acids is 1. The van der Waals surface area contributed by atoms with Gasteiger partial charge < -0.3 is 4.74 Å². The molecule has 0 aliphatic carbocycles. The monoisotopic (exact) mass is 251 g/mol. The summed E-state index contributed by atoms with van der Waals surface area (Å²) in [5.41, 5.74) is 0.854. The first-order valence-electron chi connectivity index (χ1n) is 7.11. The molecule has 18 heavy (non-hydrogen) atoms. The Morgan fingerprint density at radius 3 is 2.78 bits per heavy atom. The number of ketones is 1. The molecule has 0 aromatic heterocycles. The predicted octanol–water partition coefficient (Wildman–Crippen LogP) is 3.54. The maximum Gasteiger partial charge on any atom is 0.191 e. The van der Waals surface area contributed by atoms with E-state index in [1.54, 1.807) is 6.20 Å². The molecule has 0 aromatic carbocycles. The summed E-state index contributed by atoms with van der Waals surface area (Å²) in [5.74, 6) is 0.592. The topological polar surface area (TPSA) is 38.7 Å². The number of aliphatic imine (C=N–C) groups is 1. The molecule has 2 atom stereocenters. The number of nitrogens with zero attached hydrogens (tertiary/aromatic N) is 1. The fourth-order valence-corrected chi connectivity index (χ4v) is 2.11. The van der Waals surface area contributed by atoms with E-state index in [1.165, 1.54) is 25.3 Å². The average Bonchev–Trinajstić information content (AvgIpc) is 2.40. The zero-order chi connectivity index (χ0) is 13.4. The first-order valence-corrected chi connectivity index (χ1v) is 7.11. The third-order valence-electron chi connectivity index (χ3n) is 3.44. The molecule has 0 saturated carbocycles. The summed E-state index contributed by atoms with van der Waals surface area (Å²) in [7, 11) is 0. The van der Waals surface area contributed by atoms with Crippen LogP contribution in [0, 0.1) is 5.92 Å². The summed E-state index contributed by atoms with van der Waals surface area (Å²) >= 11 is 0. The third kappa shape index (κ3) is 4.37. The van der Waals surface area contributed by atoms with Crippen molar-refractivity contribution < 1.29 is 9.53 Å². The van der Waals surface area contributed by atoms with Gasteiger partial charge in [-0.3, -0.25) is 9.79 Å². The zero-order valence-electron chi connectivity index (χ0n) is 11.8. The van der Waals surface area contributed by atoms with Crippen LogP contribution < -0.4 is 0 Å². The molecule has 0 bridgehead atoms. The lowest BCUT2D eigenvalue weighted by molar-refractivity contribution is -0.122. The number of rotatable bonds is 8. The zero-order valence-corrected chi connectivity index (χ0v) is 11.8. The molecule has 0 amide bonds. The molecule has 0 N–H and O–H groups in total. The van der Waals surface area contributed by atoms with Crippen molar-refractivity contribution in [3.05, 3.63) is 12.3 Å². The van der Waals surface area contributed by atoms with Crippen LogP contribution in [-0.4, -0.2) is 24.2 Å². The first kappa shape index (κ1) is 15.1.